The van der Waals surface area contributed by atoms with Gasteiger partial charge in [0, 0.05) is 38.4 Å². The fraction of sp³-hybridized carbons (Fsp3) is 0.471. The Hall–Kier alpha value is -2.33. The highest BCUT2D eigenvalue weighted by Crippen LogP contribution is 2.31. The number of methoxy groups -OCH3 is 1. The quantitative estimate of drug-likeness (QED) is 0.693. The molecule has 0 bridgehead atoms. The van der Waals surface area contributed by atoms with Crippen LogP contribution in [0.4, 0.5) is 18.9 Å². The van der Waals surface area contributed by atoms with Gasteiger partial charge >= 0.3 is 12.1 Å². The van der Waals surface area contributed by atoms with Crippen LogP contribution in [0.15, 0.2) is 30.5 Å². The van der Waals surface area contributed by atoms with Crippen LogP contribution in [-0.4, -0.2) is 65.7 Å². The van der Waals surface area contributed by atoms with Crippen molar-refractivity contribution >= 4 is 24.1 Å². The lowest BCUT2D eigenvalue weighted by Crippen LogP contribution is -2.47. The molecule has 1 aromatic heterocycles. The lowest BCUT2D eigenvalue weighted by atomic mass is 10.1. The second-order valence-corrected chi connectivity index (χ2v) is 6.24. The molecule has 11 heteroatoms. The highest BCUT2D eigenvalue weighted by atomic mass is 35.5. The second-order valence-electron chi connectivity index (χ2n) is 6.24. The van der Waals surface area contributed by atoms with E-state index in [4.69, 9.17) is 0 Å². The summed E-state index contributed by atoms with van der Waals surface area (Å²) in [6, 6.07) is 5.42. The number of esters is 1. The highest BCUT2D eigenvalue weighted by Gasteiger charge is 2.31. The van der Waals surface area contributed by atoms with Gasteiger partial charge in [-0.2, -0.15) is 13.2 Å². The molecule has 154 valence electrons. The predicted octanol–water partition coefficient (Wildman–Crippen LogP) is 2.33. The Morgan fingerprint density at radius 3 is 2.54 bits per heavy atom. The molecule has 1 aliphatic heterocycles. The standard InChI is InChI=1S/C17H20F3N5O2.ClH/c1-27-16(26)15-12-25(22-21-15)10-7-23-5-8-24(9-6-23)14-4-2-3-13(11-14)17(18,19)20;/h2-4,11-12H,5-10H2,1H3;1H. The van der Waals surface area contributed by atoms with E-state index in [1.807, 2.05) is 4.90 Å². The number of alkyl halides is 3. The number of anilines is 1. The third-order valence-corrected chi connectivity index (χ3v) is 4.49. The maximum atomic E-state index is 12.9. The summed E-state index contributed by atoms with van der Waals surface area (Å²) in [5.74, 6) is -0.532. The number of carbonyl (C=O) groups is 1. The van der Waals surface area contributed by atoms with E-state index >= 15 is 0 Å². The second kappa shape index (κ2) is 9.24. The molecule has 0 atom stereocenters. The molecule has 0 aliphatic carbocycles. The molecule has 3 rings (SSSR count). The van der Waals surface area contributed by atoms with Crippen molar-refractivity contribution in [3.63, 3.8) is 0 Å². The van der Waals surface area contributed by atoms with Crippen molar-refractivity contribution in [3.05, 3.63) is 41.7 Å². The largest absolute Gasteiger partial charge is 0.464 e. The monoisotopic (exact) mass is 419 g/mol. The number of nitrogens with zero attached hydrogens (tertiary/aromatic N) is 5. The average molecular weight is 420 g/mol. The van der Waals surface area contributed by atoms with Gasteiger partial charge in [-0.1, -0.05) is 11.3 Å². The van der Waals surface area contributed by atoms with Crippen LogP contribution in [0.2, 0.25) is 0 Å². The third kappa shape index (κ3) is 5.35. The van der Waals surface area contributed by atoms with Crippen LogP contribution in [0.3, 0.4) is 0 Å². The molecule has 1 aromatic carbocycles. The van der Waals surface area contributed by atoms with E-state index in [1.54, 1.807) is 10.7 Å². The summed E-state index contributed by atoms with van der Waals surface area (Å²) in [5.41, 5.74) is 0.116. The molecule has 2 aromatic rings. The van der Waals surface area contributed by atoms with Crippen LogP contribution in [0, 0.1) is 0 Å². The van der Waals surface area contributed by atoms with Crippen molar-refractivity contribution in [1.82, 2.24) is 19.9 Å². The van der Waals surface area contributed by atoms with Crippen molar-refractivity contribution in [2.75, 3.05) is 44.7 Å². The van der Waals surface area contributed by atoms with Crippen LogP contribution in [0.25, 0.3) is 0 Å². The number of piperazine rings is 1. The first kappa shape index (κ1) is 22.0. The smallest absolute Gasteiger partial charge is 0.416 e. The van der Waals surface area contributed by atoms with Gasteiger partial charge in [0.05, 0.1) is 25.4 Å². The number of hydrogen-bond acceptors (Lipinski definition) is 6. The molecule has 0 spiro atoms. The summed E-state index contributed by atoms with van der Waals surface area (Å²) >= 11 is 0. The van der Waals surface area contributed by atoms with Gasteiger partial charge in [-0.15, -0.1) is 17.5 Å². The molecule has 1 fully saturated rings. The minimum atomic E-state index is -4.33. The van der Waals surface area contributed by atoms with E-state index in [2.05, 4.69) is 19.9 Å². The fourth-order valence-electron chi connectivity index (χ4n) is 2.96. The molecule has 0 amide bonds. The Labute approximate surface area is 166 Å². The Morgan fingerprint density at radius 2 is 1.89 bits per heavy atom. The topological polar surface area (TPSA) is 63.5 Å². The van der Waals surface area contributed by atoms with Crippen molar-refractivity contribution in [1.29, 1.82) is 0 Å². The molecular formula is C17H21ClF3N5O2. The van der Waals surface area contributed by atoms with E-state index in [9.17, 15) is 18.0 Å². The van der Waals surface area contributed by atoms with Crippen LogP contribution in [-0.2, 0) is 17.5 Å². The SMILES string of the molecule is COC(=O)c1cn(CCN2CCN(c3cccc(C(F)(F)F)c3)CC2)nn1.Cl. The predicted molar refractivity (Wildman–Crippen MR) is 98.7 cm³/mol. The Kier molecular flexibility index (Phi) is 7.25. The number of benzene rings is 1. The molecule has 0 unspecified atom stereocenters. The van der Waals surface area contributed by atoms with Crippen molar-refractivity contribution in [2.24, 2.45) is 0 Å². The molecule has 0 saturated carbocycles. The van der Waals surface area contributed by atoms with Gasteiger partial charge in [0.15, 0.2) is 5.69 Å². The third-order valence-electron chi connectivity index (χ3n) is 4.49. The number of aromatic nitrogens is 3. The highest BCUT2D eigenvalue weighted by molar-refractivity contribution is 5.86. The van der Waals surface area contributed by atoms with Gasteiger partial charge in [-0.25, -0.2) is 4.79 Å². The summed E-state index contributed by atoms with van der Waals surface area (Å²) in [7, 11) is 1.28. The maximum Gasteiger partial charge on any atom is 0.416 e. The normalized spacial score (nSPS) is 15.2. The molecule has 28 heavy (non-hydrogen) atoms. The summed E-state index contributed by atoms with van der Waals surface area (Å²) in [4.78, 5) is 15.5. The average Bonchev–Trinajstić information content (AvgIpc) is 3.15. The molecule has 2 heterocycles. The number of rotatable bonds is 5. The van der Waals surface area contributed by atoms with Crippen molar-refractivity contribution in [2.45, 2.75) is 12.7 Å². The fourth-order valence-corrected chi connectivity index (χ4v) is 2.96. The summed E-state index contributed by atoms with van der Waals surface area (Å²) in [6.45, 7) is 4.02. The van der Waals surface area contributed by atoms with Gasteiger partial charge in [0.25, 0.3) is 0 Å². The maximum absolute atomic E-state index is 12.9. The number of halogens is 4. The van der Waals surface area contributed by atoms with E-state index < -0.39 is 17.7 Å². The van der Waals surface area contributed by atoms with Crippen LogP contribution in [0.5, 0.6) is 0 Å². The van der Waals surface area contributed by atoms with Gasteiger partial charge < -0.3 is 9.64 Å². The minimum absolute atomic E-state index is 0. The zero-order chi connectivity index (χ0) is 19.4. The van der Waals surface area contributed by atoms with E-state index in [0.29, 0.717) is 31.9 Å². The lowest BCUT2D eigenvalue weighted by molar-refractivity contribution is -0.137. The first-order valence-corrected chi connectivity index (χ1v) is 8.50. The van der Waals surface area contributed by atoms with E-state index in [-0.39, 0.29) is 18.1 Å². The van der Waals surface area contributed by atoms with E-state index in [0.717, 1.165) is 19.2 Å². The molecular weight excluding hydrogens is 399 g/mol. The van der Waals surface area contributed by atoms with Gasteiger partial charge in [0.2, 0.25) is 0 Å². The summed E-state index contributed by atoms with van der Waals surface area (Å²) < 4.78 is 44.8. The van der Waals surface area contributed by atoms with Crippen LogP contribution < -0.4 is 4.90 Å². The van der Waals surface area contributed by atoms with Gasteiger partial charge in [-0.05, 0) is 18.2 Å². The Morgan fingerprint density at radius 1 is 1.18 bits per heavy atom. The molecule has 0 N–H and O–H groups in total. The summed E-state index contributed by atoms with van der Waals surface area (Å²) in [5, 5.41) is 7.64. The number of carbonyl (C=O) groups excluding carboxylic acids is 1. The zero-order valence-electron chi connectivity index (χ0n) is 15.2. The molecule has 0 radical (unpaired) electrons. The lowest BCUT2D eigenvalue weighted by Gasteiger charge is -2.36. The van der Waals surface area contributed by atoms with Gasteiger partial charge in [0.1, 0.15) is 0 Å². The minimum Gasteiger partial charge on any atom is -0.464 e. The van der Waals surface area contributed by atoms with Crippen molar-refractivity contribution < 1.29 is 22.7 Å². The van der Waals surface area contributed by atoms with Crippen LogP contribution in [0.1, 0.15) is 16.1 Å². The Balaban J connectivity index is 0.00000280. The molecule has 7 nitrogen and oxygen atoms in total. The summed E-state index contributed by atoms with van der Waals surface area (Å²) in [6.07, 6.45) is -2.80. The number of ether oxygens (including phenoxy) is 1. The first-order chi connectivity index (χ1) is 12.9. The van der Waals surface area contributed by atoms with Crippen LogP contribution >= 0.6 is 12.4 Å². The van der Waals surface area contributed by atoms with Crippen molar-refractivity contribution in [3.8, 4) is 0 Å². The Bertz CT molecular complexity index is 791. The number of hydrogen-bond donors (Lipinski definition) is 0. The van der Waals surface area contributed by atoms with E-state index in [1.165, 1.54) is 25.4 Å². The molecule has 1 aliphatic rings. The molecule has 1 saturated heterocycles. The first-order valence-electron chi connectivity index (χ1n) is 8.50. The van der Waals surface area contributed by atoms with Gasteiger partial charge in [-0.3, -0.25) is 9.58 Å². The zero-order valence-corrected chi connectivity index (χ0v) is 16.0.